The van der Waals surface area contributed by atoms with E-state index in [2.05, 4.69) is 0 Å². The highest BCUT2D eigenvalue weighted by Crippen LogP contribution is 2.29. The largest absolute Gasteiger partial charge is 0.399 e. The number of benzene rings is 1. The van der Waals surface area contributed by atoms with E-state index >= 15 is 0 Å². The van der Waals surface area contributed by atoms with Gasteiger partial charge in [0.1, 0.15) is 0 Å². The van der Waals surface area contributed by atoms with Gasteiger partial charge in [-0.05, 0) is 26.0 Å². The Labute approximate surface area is 123 Å². The second-order valence-electron chi connectivity index (χ2n) is 4.60. The summed E-state index contributed by atoms with van der Waals surface area (Å²) < 4.78 is 26.3. The van der Waals surface area contributed by atoms with Crippen molar-refractivity contribution in [1.29, 1.82) is 5.26 Å². The number of nitrogens with two attached hydrogens (primary N) is 1. The van der Waals surface area contributed by atoms with Crippen molar-refractivity contribution in [2.45, 2.75) is 31.2 Å². The molecule has 0 aromatic heterocycles. The van der Waals surface area contributed by atoms with Crippen LogP contribution in [-0.2, 0) is 10.0 Å². The van der Waals surface area contributed by atoms with E-state index in [0.717, 1.165) is 16.4 Å². The standard InChI is InChI=1S/C12H16N4O4S/c1-9(2)15(7-3-6-13)21(19,20)12-8-10(14)4-5-11(12)16(17)18/h4-5,8-9H,3,7,14H2,1-2H3. The van der Waals surface area contributed by atoms with Crippen LogP contribution in [0.3, 0.4) is 0 Å². The van der Waals surface area contributed by atoms with E-state index in [0.29, 0.717) is 0 Å². The zero-order chi connectivity index (χ0) is 16.2. The Morgan fingerprint density at radius 1 is 1.48 bits per heavy atom. The summed E-state index contributed by atoms with van der Waals surface area (Å²) in [6, 6.07) is 4.82. The monoisotopic (exact) mass is 312 g/mol. The zero-order valence-electron chi connectivity index (χ0n) is 11.7. The van der Waals surface area contributed by atoms with Gasteiger partial charge in [-0.15, -0.1) is 0 Å². The molecule has 1 aromatic rings. The molecule has 1 aromatic carbocycles. The van der Waals surface area contributed by atoms with E-state index < -0.39 is 31.6 Å². The van der Waals surface area contributed by atoms with Gasteiger partial charge in [0.25, 0.3) is 5.69 Å². The molecule has 0 aliphatic carbocycles. The molecule has 0 heterocycles. The lowest BCUT2D eigenvalue weighted by Crippen LogP contribution is -2.37. The van der Waals surface area contributed by atoms with Crippen LogP contribution in [0.15, 0.2) is 23.1 Å². The van der Waals surface area contributed by atoms with E-state index in [4.69, 9.17) is 11.0 Å². The van der Waals surface area contributed by atoms with E-state index in [9.17, 15) is 18.5 Å². The quantitative estimate of drug-likeness (QED) is 0.481. The van der Waals surface area contributed by atoms with Gasteiger partial charge in [-0.2, -0.15) is 9.57 Å². The van der Waals surface area contributed by atoms with Crippen molar-refractivity contribution in [3.63, 3.8) is 0 Å². The highest BCUT2D eigenvalue weighted by molar-refractivity contribution is 7.89. The van der Waals surface area contributed by atoms with Crippen LogP contribution in [0.1, 0.15) is 20.3 Å². The molecule has 0 unspecified atom stereocenters. The smallest absolute Gasteiger partial charge is 0.289 e. The maximum atomic E-state index is 12.6. The molecular formula is C12H16N4O4S. The molecule has 21 heavy (non-hydrogen) atoms. The normalized spacial score (nSPS) is 11.6. The first kappa shape index (κ1) is 16.9. The molecule has 0 saturated carbocycles. The van der Waals surface area contributed by atoms with Gasteiger partial charge >= 0.3 is 0 Å². The topological polar surface area (TPSA) is 130 Å². The molecule has 0 spiro atoms. The fourth-order valence-electron chi connectivity index (χ4n) is 1.83. The number of hydrogen-bond donors (Lipinski definition) is 1. The van der Waals surface area contributed by atoms with Gasteiger partial charge < -0.3 is 5.73 Å². The second kappa shape index (κ2) is 6.51. The van der Waals surface area contributed by atoms with Crippen molar-refractivity contribution in [3.8, 4) is 6.07 Å². The zero-order valence-corrected chi connectivity index (χ0v) is 12.5. The first-order chi connectivity index (χ1) is 9.71. The molecule has 0 bridgehead atoms. The van der Waals surface area contributed by atoms with E-state index in [1.54, 1.807) is 13.8 Å². The molecule has 0 radical (unpaired) electrons. The molecule has 9 heteroatoms. The minimum Gasteiger partial charge on any atom is -0.399 e. The second-order valence-corrected chi connectivity index (χ2v) is 6.46. The number of rotatable bonds is 6. The number of nitro groups is 1. The maximum absolute atomic E-state index is 12.6. The molecule has 0 amide bonds. The molecule has 0 saturated heterocycles. The number of hydrogen-bond acceptors (Lipinski definition) is 6. The Morgan fingerprint density at radius 3 is 2.57 bits per heavy atom. The molecule has 0 aliphatic heterocycles. The molecule has 0 atom stereocenters. The summed E-state index contributed by atoms with van der Waals surface area (Å²) in [5, 5.41) is 19.6. The van der Waals surface area contributed by atoms with Gasteiger partial charge in [-0.1, -0.05) is 0 Å². The summed E-state index contributed by atoms with van der Waals surface area (Å²) in [4.78, 5) is 9.79. The third-order valence-corrected chi connectivity index (χ3v) is 4.89. The van der Waals surface area contributed by atoms with Crippen molar-refractivity contribution < 1.29 is 13.3 Å². The molecule has 114 valence electrons. The number of nitrogen functional groups attached to an aromatic ring is 1. The highest BCUT2D eigenvalue weighted by Gasteiger charge is 2.33. The summed E-state index contributed by atoms with van der Waals surface area (Å²) >= 11 is 0. The van der Waals surface area contributed by atoms with Gasteiger partial charge in [0.15, 0.2) is 4.90 Å². The molecule has 0 fully saturated rings. The summed E-state index contributed by atoms with van der Waals surface area (Å²) in [7, 11) is -4.11. The number of anilines is 1. The van der Waals surface area contributed by atoms with Crippen molar-refractivity contribution in [2.75, 3.05) is 12.3 Å². The maximum Gasteiger partial charge on any atom is 0.289 e. The van der Waals surface area contributed by atoms with Crippen molar-refractivity contribution in [2.24, 2.45) is 0 Å². The lowest BCUT2D eigenvalue weighted by Gasteiger charge is -2.24. The summed E-state index contributed by atoms with van der Waals surface area (Å²) in [6.07, 6.45) is -0.00643. The lowest BCUT2D eigenvalue weighted by molar-refractivity contribution is -0.387. The van der Waals surface area contributed by atoms with Gasteiger partial charge in [0.2, 0.25) is 10.0 Å². The van der Waals surface area contributed by atoms with Crippen molar-refractivity contribution in [3.05, 3.63) is 28.3 Å². The van der Waals surface area contributed by atoms with Crippen LogP contribution in [0.25, 0.3) is 0 Å². The van der Waals surface area contributed by atoms with E-state index in [-0.39, 0.29) is 18.7 Å². The van der Waals surface area contributed by atoms with Crippen LogP contribution in [0.2, 0.25) is 0 Å². The molecule has 1 rings (SSSR count). The summed E-state index contributed by atoms with van der Waals surface area (Å²) in [5.41, 5.74) is 5.12. The average molecular weight is 312 g/mol. The molecule has 8 nitrogen and oxygen atoms in total. The highest BCUT2D eigenvalue weighted by atomic mass is 32.2. The average Bonchev–Trinajstić information content (AvgIpc) is 2.38. The Kier molecular flexibility index (Phi) is 5.23. The third kappa shape index (κ3) is 3.68. The number of nitrogens with zero attached hydrogens (tertiary/aromatic N) is 3. The first-order valence-electron chi connectivity index (χ1n) is 6.14. The molecule has 0 aliphatic rings. The predicted octanol–water partition coefficient (Wildman–Crippen LogP) is 1.49. The SMILES string of the molecule is CC(C)N(CCC#N)S(=O)(=O)c1cc(N)ccc1[N+](=O)[O-]. The van der Waals surface area contributed by atoms with Crippen LogP contribution in [0.5, 0.6) is 0 Å². The summed E-state index contributed by atoms with van der Waals surface area (Å²) in [5.74, 6) is 0. The van der Waals surface area contributed by atoms with Gasteiger partial charge in [0.05, 0.1) is 11.0 Å². The van der Waals surface area contributed by atoms with Gasteiger partial charge in [0, 0.05) is 30.8 Å². The molecular weight excluding hydrogens is 296 g/mol. The summed E-state index contributed by atoms with van der Waals surface area (Å²) in [6.45, 7) is 3.22. The van der Waals surface area contributed by atoms with Gasteiger partial charge in [-0.3, -0.25) is 10.1 Å². The number of nitriles is 1. The Morgan fingerprint density at radius 2 is 2.10 bits per heavy atom. The van der Waals surface area contributed by atoms with Crippen LogP contribution >= 0.6 is 0 Å². The fourth-order valence-corrected chi connectivity index (χ4v) is 3.66. The number of nitro benzene ring substituents is 1. The van der Waals surface area contributed by atoms with E-state index in [1.165, 1.54) is 6.07 Å². The number of sulfonamides is 1. The van der Waals surface area contributed by atoms with Crippen molar-refractivity contribution in [1.82, 2.24) is 4.31 Å². The van der Waals surface area contributed by atoms with Gasteiger partial charge in [-0.25, -0.2) is 8.42 Å². The third-order valence-electron chi connectivity index (χ3n) is 2.79. The van der Waals surface area contributed by atoms with Crippen LogP contribution in [-0.4, -0.2) is 30.2 Å². The Bertz CT molecular complexity index is 679. The lowest BCUT2D eigenvalue weighted by atomic mass is 10.3. The van der Waals surface area contributed by atoms with Crippen LogP contribution in [0, 0.1) is 21.4 Å². The Hall–Kier alpha value is -2.18. The van der Waals surface area contributed by atoms with Crippen LogP contribution < -0.4 is 5.73 Å². The minimum absolute atomic E-state index is 0.00643. The molecule has 2 N–H and O–H groups in total. The van der Waals surface area contributed by atoms with E-state index in [1.807, 2.05) is 6.07 Å². The van der Waals surface area contributed by atoms with Crippen LogP contribution in [0.4, 0.5) is 11.4 Å². The first-order valence-corrected chi connectivity index (χ1v) is 7.58. The fraction of sp³-hybridized carbons (Fsp3) is 0.417. The minimum atomic E-state index is -4.11. The predicted molar refractivity (Wildman–Crippen MR) is 76.8 cm³/mol. The van der Waals surface area contributed by atoms with Crippen molar-refractivity contribution >= 4 is 21.4 Å². The Balaban J connectivity index is 3.44.